The lowest BCUT2D eigenvalue weighted by atomic mass is 10.1. The van der Waals surface area contributed by atoms with Crippen LogP contribution in [-0.4, -0.2) is 5.97 Å². The summed E-state index contributed by atoms with van der Waals surface area (Å²) in [6.45, 7) is 0. The summed E-state index contributed by atoms with van der Waals surface area (Å²) in [5.41, 5.74) is 1.18. The van der Waals surface area contributed by atoms with Crippen molar-refractivity contribution in [2.24, 2.45) is 0 Å². The normalized spacial score (nSPS) is 9.85. The Balaban J connectivity index is 2.11. The average molecular weight is 306 g/mol. The van der Waals surface area contributed by atoms with E-state index in [2.05, 4.69) is 0 Å². The molecule has 0 aliphatic rings. The van der Waals surface area contributed by atoms with Crippen molar-refractivity contribution < 1.29 is 9.53 Å². The van der Waals surface area contributed by atoms with Crippen LogP contribution in [0.3, 0.4) is 0 Å². The van der Waals surface area contributed by atoms with E-state index < -0.39 is 5.97 Å². The Bertz CT molecular complexity index is 675. The van der Waals surface area contributed by atoms with Crippen LogP contribution in [0.4, 0.5) is 0 Å². The van der Waals surface area contributed by atoms with Crippen molar-refractivity contribution in [3.63, 3.8) is 0 Å². The first-order chi connectivity index (χ1) is 9.60. The van der Waals surface area contributed by atoms with Crippen molar-refractivity contribution in [3.8, 4) is 11.8 Å². The number of hydrogen-bond donors (Lipinski definition) is 0. The topological polar surface area (TPSA) is 50.1 Å². The van der Waals surface area contributed by atoms with E-state index in [1.54, 1.807) is 30.3 Å². The summed E-state index contributed by atoms with van der Waals surface area (Å²) in [5.74, 6) is -0.112. The molecule has 20 heavy (non-hydrogen) atoms. The fourth-order valence-corrected chi connectivity index (χ4v) is 1.85. The van der Waals surface area contributed by atoms with Crippen LogP contribution < -0.4 is 4.74 Å². The molecule has 5 heteroatoms. The predicted octanol–water partition coefficient (Wildman–Crippen LogP) is 4.28. The number of esters is 1. The largest absolute Gasteiger partial charge is 0.423 e. The first kappa shape index (κ1) is 14.4. The Morgan fingerprint density at radius 1 is 1.10 bits per heavy atom. The molecule has 0 amide bonds. The van der Waals surface area contributed by atoms with Crippen LogP contribution in [0, 0.1) is 11.3 Å². The number of rotatable bonds is 3. The Hall–Kier alpha value is -2.02. The molecule has 0 saturated carbocycles. The molecule has 3 nitrogen and oxygen atoms in total. The number of nitriles is 1. The molecule has 0 aliphatic heterocycles. The van der Waals surface area contributed by atoms with Gasteiger partial charge in [-0.1, -0.05) is 35.3 Å². The number of hydrogen-bond acceptors (Lipinski definition) is 3. The zero-order chi connectivity index (χ0) is 14.5. The first-order valence-electron chi connectivity index (χ1n) is 5.73. The standard InChI is InChI=1S/C15H9Cl2NO2/c16-13-6-3-11(9-14(13)17)15(19)20-12-4-1-10(2-5-12)7-8-18/h1-6,9H,7H2. The second-order valence-corrected chi connectivity index (χ2v) is 4.81. The van der Waals surface area contributed by atoms with Gasteiger partial charge < -0.3 is 4.74 Å². The van der Waals surface area contributed by atoms with Gasteiger partial charge in [0, 0.05) is 0 Å². The zero-order valence-corrected chi connectivity index (χ0v) is 11.8. The Kier molecular flexibility index (Phi) is 4.62. The molecule has 0 aliphatic carbocycles. The molecule has 0 saturated heterocycles. The van der Waals surface area contributed by atoms with Gasteiger partial charge in [-0.15, -0.1) is 0 Å². The minimum absolute atomic E-state index is 0.297. The van der Waals surface area contributed by atoms with Gasteiger partial charge in [-0.3, -0.25) is 0 Å². The molecule has 0 spiro atoms. The lowest BCUT2D eigenvalue weighted by Gasteiger charge is -2.05. The summed E-state index contributed by atoms with van der Waals surface area (Å²) in [6, 6.07) is 13.3. The van der Waals surface area contributed by atoms with Crippen LogP contribution in [0.25, 0.3) is 0 Å². The highest BCUT2D eigenvalue weighted by molar-refractivity contribution is 6.42. The highest BCUT2D eigenvalue weighted by Gasteiger charge is 2.10. The summed E-state index contributed by atoms with van der Waals surface area (Å²) in [7, 11) is 0. The Morgan fingerprint density at radius 2 is 1.80 bits per heavy atom. The number of carbonyl (C=O) groups is 1. The van der Waals surface area contributed by atoms with Gasteiger partial charge in [-0.2, -0.15) is 5.26 Å². The van der Waals surface area contributed by atoms with Crippen molar-refractivity contribution in [1.29, 1.82) is 5.26 Å². The molecule has 0 heterocycles. The van der Waals surface area contributed by atoms with Crippen LogP contribution in [-0.2, 0) is 6.42 Å². The van der Waals surface area contributed by atoms with E-state index >= 15 is 0 Å². The number of benzene rings is 2. The fraction of sp³-hybridized carbons (Fsp3) is 0.0667. The van der Waals surface area contributed by atoms with E-state index in [1.807, 2.05) is 6.07 Å². The molecule has 0 aromatic heterocycles. The molecule has 0 bridgehead atoms. The molecule has 2 aromatic carbocycles. The maximum absolute atomic E-state index is 11.9. The van der Waals surface area contributed by atoms with Crippen molar-refractivity contribution in [2.75, 3.05) is 0 Å². The number of carbonyl (C=O) groups excluding carboxylic acids is 1. The molecular weight excluding hydrogens is 297 g/mol. The maximum Gasteiger partial charge on any atom is 0.343 e. The number of ether oxygens (including phenoxy) is 1. The van der Waals surface area contributed by atoms with Crippen LogP contribution in [0.5, 0.6) is 5.75 Å². The third-order valence-corrected chi connectivity index (χ3v) is 3.31. The summed E-state index contributed by atoms with van der Waals surface area (Å²) in [6.07, 6.45) is 0.320. The number of nitrogens with zero attached hydrogens (tertiary/aromatic N) is 1. The van der Waals surface area contributed by atoms with Gasteiger partial charge in [0.2, 0.25) is 0 Å². The van der Waals surface area contributed by atoms with E-state index in [-0.39, 0.29) is 0 Å². The van der Waals surface area contributed by atoms with E-state index in [1.165, 1.54) is 12.1 Å². The van der Waals surface area contributed by atoms with Gasteiger partial charge in [0.05, 0.1) is 28.1 Å². The molecule has 100 valence electrons. The van der Waals surface area contributed by atoms with Crippen LogP contribution in [0.1, 0.15) is 15.9 Å². The number of halogens is 2. The summed E-state index contributed by atoms with van der Waals surface area (Å²) >= 11 is 11.6. The first-order valence-corrected chi connectivity index (χ1v) is 6.49. The van der Waals surface area contributed by atoms with E-state index in [4.69, 9.17) is 33.2 Å². The zero-order valence-electron chi connectivity index (χ0n) is 10.3. The highest BCUT2D eigenvalue weighted by atomic mass is 35.5. The quantitative estimate of drug-likeness (QED) is 0.628. The lowest BCUT2D eigenvalue weighted by Crippen LogP contribution is -2.08. The van der Waals surface area contributed by atoms with Crippen LogP contribution >= 0.6 is 23.2 Å². The average Bonchev–Trinajstić information content (AvgIpc) is 2.44. The third kappa shape index (κ3) is 3.51. The predicted molar refractivity (Wildman–Crippen MR) is 77.2 cm³/mol. The summed E-state index contributed by atoms with van der Waals surface area (Å²) in [4.78, 5) is 11.9. The molecule has 0 radical (unpaired) electrons. The molecule has 0 N–H and O–H groups in total. The van der Waals surface area contributed by atoms with Gasteiger partial charge in [0.15, 0.2) is 0 Å². The molecule has 0 fully saturated rings. The molecular formula is C15H9Cl2NO2. The van der Waals surface area contributed by atoms with Gasteiger partial charge in [-0.05, 0) is 35.9 Å². The monoisotopic (exact) mass is 305 g/mol. The maximum atomic E-state index is 11.9. The van der Waals surface area contributed by atoms with E-state index in [0.29, 0.717) is 27.8 Å². The van der Waals surface area contributed by atoms with Gasteiger partial charge in [0.1, 0.15) is 5.75 Å². The van der Waals surface area contributed by atoms with E-state index in [0.717, 1.165) is 5.56 Å². The SMILES string of the molecule is N#CCc1ccc(OC(=O)c2ccc(Cl)c(Cl)c2)cc1. The highest BCUT2D eigenvalue weighted by Crippen LogP contribution is 2.23. The van der Waals surface area contributed by atoms with Crippen molar-refractivity contribution >= 4 is 29.2 Å². The lowest BCUT2D eigenvalue weighted by molar-refractivity contribution is 0.0735. The summed E-state index contributed by atoms with van der Waals surface area (Å²) in [5, 5.41) is 9.25. The molecule has 0 atom stereocenters. The van der Waals surface area contributed by atoms with Gasteiger partial charge in [-0.25, -0.2) is 4.79 Å². The smallest absolute Gasteiger partial charge is 0.343 e. The molecule has 2 aromatic rings. The minimum atomic E-state index is -0.517. The van der Waals surface area contributed by atoms with Gasteiger partial charge >= 0.3 is 5.97 Å². The second-order valence-electron chi connectivity index (χ2n) is 4.00. The second kappa shape index (κ2) is 6.42. The third-order valence-electron chi connectivity index (χ3n) is 2.57. The van der Waals surface area contributed by atoms with Crippen LogP contribution in [0.2, 0.25) is 10.0 Å². The molecule has 2 rings (SSSR count). The van der Waals surface area contributed by atoms with E-state index in [9.17, 15) is 4.79 Å². The molecule has 0 unspecified atom stereocenters. The fourth-order valence-electron chi connectivity index (χ4n) is 1.56. The Labute approximate surface area is 126 Å². The van der Waals surface area contributed by atoms with Gasteiger partial charge in [0.25, 0.3) is 0 Å². The minimum Gasteiger partial charge on any atom is -0.423 e. The van der Waals surface area contributed by atoms with Crippen molar-refractivity contribution in [2.45, 2.75) is 6.42 Å². The van der Waals surface area contributed by atoms with Crippen LogP contribution in [0.15, 0.2) is 42.5 Å². The van der Waals surface area contributed by atoms with Crippen molar-refractivity contribution in [3.05, 3.63) is 63.6 Å². The Morgan fingerprint density at radius 3 is 2.40 bits per heavy atom. The summed E-state index contributed by atoms with van der Waals surface area (Å²) < 4.78 is 5.20. The van der Waals surface area contributed by atoms with Crippen molar-refractivity contribution in [1.82, 2.24) is 0 Å².